The molecule has 0 radical (unpaired) electrons. The van der Waals surface area contributed by atoms with Gasteiger partial charge in [0.25, 0.3) is 0 Å². The van der Waals surface area contributed by atoms with Gasteiger partial charge in [-0.05, 0) is 45.0 Å². The number of amides is 1. The van der Waals surface area contributed by atoms with Gasteiger partial charge < -0.3 is 15.0 Å². The van der Waals surface area contributed by atoms with E-state index in [0.717, 1.165) is 18.6 Å². The summed E-state index contributed by atoms with van der Waals surface area (Å²) >= 11 is 0. The lowest BCUT2D eigenvalue weighted by atomic mass is 9.94. The zero-order valence-corrected chi connectivity index (χ0v) is 16.3. The second kappa shape index (κ2) is 7.56. The lowest BCUT2D eigenvalue weighted by Gasteiger charge is -2.41. The van der Waals surface area contributed by atoms with Gasteiger partial charge in [0.2, 0.25) is 5.91 Å². The molecule has 0 aromatic heterocycles. The van der Waals surface area contributed by atoms with Gasteiger partial charge >= 0.3 is 0 Å². The number of nitrogens with zero attached hydrogens (tertiary/aromatic N) is 1. The van der Waals surface area contributed by atoms with Gasteiger partial charge in [0.1, 0.15) is 11.9 Å². The van der Waals surface area contributed by atoms with Crippen LogP contribution in [0.4, 0.5) is 0 Å². The maximum absolute atomic E-state index is 13.1. The second-order valence-electron chi connectivity index (χ2n) is 7.44. The van der Waals surface area contributed by atoms with Gasteiger partial charge in [-0.2, -0.15) is 0 Å². The highest BCUT2D eigenvalue weighted by molar-refractivity contribution is 7.92. The Labute approximate surface area is 155 Å². The highest BCUT2D eigenvalue weighted by Crippen LogP contribution is 2.31. The quantitative estimate of drug-likeness (QED) is 0.857. The van der Waals surface area contributed by atoms with Crippen LogP contribution in [0.15, 0.2) is 24.3 Å². The Kier molecular flexibility index (Phi) is 5.58. The molecule has 2 aliphatic heterocycles. The fourth-order valence-electron chi connectivity index (χ4n) is 3.85. The van der Waals surface area contributed by atoms with Crippen molar-refractivity contribution in [1.29, 1.82) is 0 Å². The number of sulfone groups is 1. The number of benzene rings is 1. The van der Waals surface area contributed by atoms with Crippen molar-refractivity contribution >= 4 is 15.7 Å². The Hall–Kier alpha value is -1.60. The molecule has 2 saturated heterocycles. The average Bonchev–Trinajstić information content (AvgIpc) is 2.63. The largest absolute Gasteiger partial charge is 0.490 e. The third-order valence-electron chi connectivity index (χ3n) is 5.56. The molecule has 2 heterocycles. The monoisotopic (exact) mass is 380 g/mol. The van der Waals surface area contributed by atoms with Gasteiger partial charge in [-0.25, -0.2) is 8.42 Å². The van der Waals surface area contributed by atoms with Crippen LogP contribution in [-0.4, -0.2) is 62.5 Å². The molecule has 0 aliphatic carbocycles. The molecule has 0 bridgehead atoms. The number of nitrogens with one attached hydrogen (secondary N) is 1. The van der Waals surface area contributed by atoms with Crippen LogP contribution in [-0.2, 0) is 14.6 Å². The standard InChI is InChI=1S/C19H28N2O4S/c1-15-3-5-16(6-4-15)25-17-7-13-21(14-8-17)18(22)19(26(2,23)24)9-11-20-12-10-19/h3-6,17,20H,7-14H2,1-2H3. The summed E-state index contributed by atoms with van der Waals surface area (Å²) in [4.78, 5) is 14.8. The van der Waals surface area contributed by atoms with Crippen LogP contribution in [0.5, 0.6) is 5.75 Å². The Morgan fingerprint density at radius 1 is 1.15 bits per heavy atom. The van der Waals surface area contributed by atoms with Gasteiger partial charge in [0.05, 0.1) is 0 Å². The van der Waals surface area contributed by atoms with Crippen LogP contribution in [0.1, 0.15) is 31.2 Å². The summed E-state index contributed by atoms with van der Waals surface area (Å²) in [5.41, 5.74) is 1.19. The third kappa shape index (κ3) is 3.88. The molecule has 1 amide bonds. The van der Waals surface area contributed by atoms with Crippen molar-refractivity contribution in [3.63, 3.8) is 0 Å². The summed E-state index contributed by atoms with van der Waals surface area (Å²) in [6.07, 6.45) is 3.40. The molecule has 3 rings (SSSR count). The lowest BCUT2D eigenvalue weighted by Crippen LogP contribution is -2.59. The number of hydrogen-bond acceptors (Lipinski definition) is 5. The maximum atomic E-state index is 13.1. The van der Waals surface area contributed by atoms with Gasteiger partial charge in [0.15, 0.2) is 14.6 Å². The molecule has 1 N–H and O–H groups in total. The minimum Gasteiger partial charge on any atom is -0.490 e. The van der Waals surface area contributed by atoms with E-state index in [9.17, 15) is 13.2 Å². The fourth-order valence-corrected chi connectivity index (χ4v) is 5.24. The van der Waals surface area contributed by atoms with Crippen molar-refractivity contribution in [2.24, 2.45) is 0 Å². The topological polar surface area (TPSA) is 75.7 Å². The van der Waals surface area contributed by atoms with Crippen molar-refractivity contribution in [2.45, 2.75) is 43.5 Å². The molecular formula is C19H28N2O4S. The first-order valence-corrected chi connectivity index (χ1v) is 11.1. The van der Waals surface area contributed by atoms with E-state index in [2.05, 4.69) is 5.32 Å². The zero-order chi connectivity index (χ0) is 18.8. The van der Waals surface area contributed by atoms with Crippen molar-refractivity contribution in [1.82, 2.24) is 10.2 Å². The van der Waals surface area contributed by atoms with E-state index in [1.165, 1.54) is 11.8 Å². The summed E-state index contributed by atoms with van der Waals surface area (Å²) < 4.78 is 29.6. The number of likely N-dealkylation sites (tertiary alicyclic amines) is 1. The van der Waals surface area contributed by atoms with Crippen LogP contribution in [0.25, 0.3) is 0 Å². The van der Waals surface area contributed by atoms with Gasteiger partial charge in [-0.1, -0.05) is 17.7 Å². The van der Waals surface area contributed by atoms with Crippen molar-refractivity contribution in [3.8, 4) is 5.75 Å². The fraction of sp³-hybridized carbons (Fsp3) is 0.632. The predicted molar refractivity (Wildman–Crippen MR) is 101 cm³/mol. The highest BCUT2D eigenvalue weighted by Gasteiger charge is 2.50. The molecule has 0 atom stereocenters. The molecule has 2 fully saturated rings. The SMILES string of the molecule is Cc1ccc(OC2CCN(C(=O)C3(S(C)(=O)=O)CCNCC3)CC2)cc1. The second-order valence-corrected chi connectivity index (χ2v) is 9.76. The van der Waals surface area contributed by atoms with Crippen LogP contribution in [0.3, 0.4) is 0 Å². The van der Waals surface area contributed by atoms with Crippen molar-refractivity contribution < 1.29 is 17.9 Å². The number of carbonyl (C=O) groups is 1. The molecule has 0 spiro atoms. The molecular weight excluding hydrogens is 352 g/mol. The minimum absolute atomic E-state index is 0.0592. The number of rotatable bonds is 4. The third-order valence-corrected chi connectivity index (χ3v) is 7.57. The van der Waals surface area contributed by atoms with E-state index in [4.69, 9.17) is 4.74 Å². The Balaban J connectivity index is 1.63. The molecule has 6 nitrogen and oxygen atoms in total. The molecule has 144 valence electrons. The predicted octanol–water partition coefficient (Wildman–Crippen LogP) is 1.53. The van der Waals surface area contributed by atoms with E-state index in [1.807, 2.05) is 31.2 Å². The molecule has 0 saturated carbocycles. The smallest absolute Gasteiger partial charge is 0.244 e. The van der Waals surface area contributed by atoms with E-state index < -0.39 is 14.6 Å². The van der Waals surface area contributed by atoms with Crippen LogP contribution in [0, 0.1) is 6.92 Å². The molecule has 0 unspecified atom stereocenters. The van der Waals surface area contributed by atoms with Gasteiger partial charge in [-0.15, -0.1) is 0 Å². The Morgan fingerprint density at radius 3 is 2.27 bits per heavy atom. The first-order valence-electron chi connectivity index (χ1n) is 9.25. The number of carbonyl (C=O) groups excluding carboxylic acids is 1. The molecule has 26 heavy (non-hydrogen) atoms. The summed E-state index contributed by atoms with van der Waals surface area (Å²) in [6, 6.07) is 7.95. The Bertz CT molecular complexity index is 731. The van der Waals surface area contributed by atoms with E-state index in [-0.39, 0.29) is 12.0 Å². The van der Waals surface area contributed by atoms with E-state index >= 15 is 0 Å². The Morgan fingerprint density at radius 2 is 1.73 bits per heavy atom. The summed E-state index contributed by atoms with van der Waals surface area (Å²) in [5.74, 6) is 0.613. The summed E-state index contributed by atoms with van der Waals surface area (Å²) in [5, 5.41) is 3.15. The van der Waals surface area contributed by atoms with Crippen LogP contribution in [0.2, 0.25) is 0 Å². The average molecular weight is 381 g/mol. The molecule has 1 aromatic carbocycles. The van der Waals surface area contributed by atoms with Gasteiger partial charge in [0, 0.05) is 32.2 Å². The molecule has 2 aliphatic rings. The first kappa shape index (κ1) is 19.2. The normalized spacial score (nSPS) is 21.4. The molecule has 1 aromatic rings. The number of piperidine rings is 2. The number of aryl methyl sites for hydroxylation is 1. The summed E-state index contributed by atoms with van der Waals surface area (Å²) in [7, 11) is -3.46. The summed E-state index contributed by atoms with van der Waals surface area (Å²) in [6.45, 7) is 4.24. The first-order chi connectivity index (χ1) is 12.3. The minimum atomic E-state index is -3.46. The zero-order valence-electron chi connectivity index (χ0n) is 15.5. The number of ether oxygens (including phenoxy) is 1. The van der Waals surface area contributed by atoms with Crippen molar-refractivity contribution in [3.05, 3.63) is 29.8 Å². The lowest BCUT2D eigenvalue weighted by molar-refractivity contribution is -0.136. The molecule has 7 heteroatoms. The van der Waals surface area contributed by atoms with E-state index in [0.29, 0.717) is 39.0 Å². The number of hydrogen-bond donors (Lipinski definition) is 1. The maximum Gasteiger partial charge on any atom is 0.244 e. The van der Waals surface area contributed by atoms with Crippen LogP contribution >= 0.6 is 0 Å². The van der Waals surface area contributed by atoms with Crippen LogP contribution < -0.4 is 10.1 Å². The van der Waals surface area contributed by atoms with E-state index in [1.54, 1.807) is 4.90 Å². The van der Waals surface area contributed by atoms with Crippen molar-refractivity contribution in [2.75, 3.05) is 32.4 Å². The van der Waals surface area contributed by atoms with Gasteiger partial charge in [-0.3, -0.25) is 4.79 Å². The highest BCUT2D eigenvalue weighted by atomic mass is 32.2.